The van der Waals surface area contributed by atoms with Crippen LogP contribution in [0.15, 0.2) is 17.3 Å². The molecule has 1 saturated carbocycles. The van der Waals surface area contributed by atoms with Gasteiger partial charge in [-0.15, -0.1) is 24.0 Å². The first-order valence-electron chi connectivity index (χ1n) is 7.82. The van der Waals surface area contributed by atoms with E-state index in [9.17, 15) is 0 Å². The molecule has 22 heavy (non-hydrogen) atoms. The maximum atomic E-state index is 4.62. The number of aromatic nitrogens is 2. The highest BCUT2D eigenvalue weighted by Gasteiger charge is 2.28. The van der Waals surface area contributed by atoms with Crippen LogP contribution in [0.1, 0.15) is 32.4 Å². The van der Waals surface area contributed by atoms with Gasteiger partial charge in [0.1, 0.15) is 0 Å². The summed E-state index contributed by atoms with van der Waals surface area (Å²) in [7, 11) is 4.15. The van der Waals surface area contributed by atoms with Gasteiger partial charge in [0, 0.05) is 38.4 Å². The minimum atomic E-state index is 0. The van der Waals surface area contributed by atoms with Gasteiger partial charge in [-0.3, -0.25) is 9.58 Å². The van der Waals surface area contributed by atoms with E-state index in [4.69, 9.17) is 0 Å². The Morgan fingerprint density at radius 2 is 2.23 bits per heavy atom. The molecule has 2 rings (SSSR count). The second-order valence-corrected chi connectivity index (χ2v) is 5.77. The summed E-state index contributed by atoms with van der Waals surface area (Å²) in [6.07, 6.45) is 4.49. The molecule has 1 aliphatic rings. The van der Waals surface area contributed by atoms with Gasteiger partial charge >= 0.3 is 0 Å². The molecule has 1 heterocycles. The molecule has 0 bridgehead atoms. The highest BCUT2D eigenvalue weighted by atomic mass is 127. The van der Waals surface area contributed by atoms with E-state index < -0.39 is 0 Å². The monoisotopic (exact) mass is 420 g/mol. The topological polar surface area (TPSA) is 57.5 Å². The van der Waals surface area contributed by atoms with Crippen molar-refractivity contribution in [3.63, 3.8) is 0 Å². The molecule has 1 aromatic rings. The van der Waals surface area contributed by atoms with Crippen molar-refractivity contribution >= 4 is 29.9 Å². The van der Waals surface area contributed by atoms with E-state index in [1.54, 1.807) is 6.20 Å². The van der Waals surface area contributed by atoms with Crippen LogP contribution in [0.2, 0.25) is 0 Å². The molecule has 0 saturated heterocycles. The summed E-state index contributed by atoms with van der Waals surface area (Å²) >= 11 is 0. The van der Waals surface area contributed by atoms with E-state index in [1.165, 1.54) is 12.8 Å². The Kier molecular flexibility index (Phi) is 8.16. The Morgan fingerprint density at radius 1 is 1.50 bits per heavy atom. The van der Waals surface area contributed by atoms with Crippen molar-refractivity contribution in [3.05, 3.63) is 18.0 Å². The zero-order valence-corrected chi connectivity index (χ0v) is 16.4. The first-order chi connectivity index (χ1) is 10.1. The zero-order valence-electron chi connectivity index (χ0n) is 14.0. The van der Waals surface area contributed by atoms with E-state index in [2.05, 4.69) is 46.5 Å². The average Bonchev–Trinajstić information content (AvgIpc) is 3.24. The number of rotatable bonds is 7. The minimum absolute atomic E-state index is 0. The number of nitrogens with zero attached hydrogens (tertiary/aromatic N) is 4. The Bertz CT molecular complexity index is 468. The van der Waals surface area contributed by atoms with Crippen molar-refractivity contribution in [2.24, 2.45) is 12.0 Å². The van der Waals surface area contributed by atoms with Crippen LogP contribution in [0.3, 0.4) is 0 Å². The fraction of sp³-hybridized carbons (Fsp3) is 0.733. The first-order valence-corrected chi connectivity index (χ1v) is 7.82. The van der Waals surface area contributed by atoms with Crippen LogP contribution >= 0.6 is 24.0 Å². The number of likely N-dealkylation sites (N-methyl/N-ethyl adjacent to an activating group) is 1. The Morgan fingerprint density at radius 3 is 2.77 bits per heavy atom. The van der Waals surface area contributed by atoms with Crippen LogP contribution in [0.25, 0.3) is 0 Å². The number of nitrogens with one attached hydrogen (secondary N) is 2. The fourth-order valence-electron chi connectivity index (χ4n) is 2.29. The van der Waals surface area contributed by atoms with Gasteiger partial charge in [0.15, 0.2) is 5.96 Å². The molecule has 0 aliphatic heterocycles. The van der Waals surface area contributed by atoms with Crippen molar-refractivity contribution in [2.75, 3.05) is 20.1 Å². The third kappa shape index (κ3) is 5.75. The van der Waals surface area contributed by atoms with Crippen LogP contribution in [0.5, 0.6) is 0 Å². The van der Waals surface area contributed by atoms with Crippen LogP contribution < -0.4 is 10.6 Å². The van der Waals surface area contributed by atoms with E-state index in [0.29, 0.717) is 12.6 Å². The van der Waals surface area contributed by atoms with E-state index >= 15 is 0 Å². The lowest BCUT2D eigenvalue weighted by Gasteiger charge is -2.25. The molecule has 1 fully saturated rings. The number of aliphatic imine (C=N–C) groups is 1. The summed E-state index contributed by atoms with van der Waals surface area (Å²) in [6.45, 7) is 6.75. The lowest BCUT2D eigenvalue weighted by atomic mass is 10.3. The molecule has 1 unspecified atom stereocenters. The molecule has 1 aliphatic carbocycles. The maximum Gasteiger partial charge on any atom is 0.191 e. The minimum Gasteiger partial charge on any atom is -0.357 e. The molecule has 7 heteroatoms. The highest BCUT2D eigenvalue weighted by molar-refractivity contribution is 14.0. The summed E-state index contributed by atoms with van der Waals surface area (Å²) in [5, 5.41) is 10.9. The second kappa shape index (κ2) is 9.34. The molecule has 0 radical (unpaired) electrons. The van der Waals surface area contributed by atoms with Crippen LogP contribution in [-0.2, 0) is 13.6 Å². The van der Waals surface area contributed by atoms with Gasteiger partial charge in [-0.1, -0.05) is 0 Å². The van der Waals surface area contributed by atoms with Gasteiger partial charge in [0.25, 0.3) is 0 Å². The molecule has 0 spiro atoms. The van der Waals surface area contributed by atoms with Crippen molar-refractivity contribution in [1.82, 2.24) is 25.3 Å². The first kappa shape index (κ1) is 19.2. The Hall–Kier alpha value is -0.830. The standard InChI is InChI=1S/C15H28N6.HI/c1-5-16-15(18-11-14-8-9-19-21(14)4)17-10-12(2)20(3)13-6-7-13;/h8-9,12-13H,5-7,10-11H2,1-4H3,(H2,16,17,18);1H. The third-order valence-electron chi connectivity index (χ3n) is 4.05. The molecule has 1 aromatic heterocycles. The third-order valence-corrected chi connectivity index (χ3v) is 4.05. The Balaban J connectivity index is 0.00000242. The molecule has 0 aromatic carbocycles. The van der Waals surface area contributed by atoms with Crippen LogP contribution in [0, 0.1) is 0 Å². The molecule has 2 N–H and O–H groups in total. The quantitative estimate of drug-likeness (QED) is 0.400. The second-order valence-electron chi connectivity index (χ2n) is 5.77. The fourth-order valence-corrected chi connectivity index (χ4v) is 2.29. The SMILES string of the molecule is CCNC(=NCc1ccnn1C)NCC(C)N(C)C1CC1.I. The summed E-state index contributed by atoms with van der Waals surface area (Å²) in [5.41, 5.74) is 1.11. The van der Waals surface area contributed by atoms with Crippen LogP contribution in [0.4, 0.5) is 0 Å². The lowest BCUT2D eigenvalue weighted by Crippen LogP contribution is -2.45. The van der Waals surface area contributed by atoms with Gasteiger partial charge in [0.2, 0.25) is 0 Å². The van der Waals surface area contributed by atoms with Gasteiger partial charge in [-0.2, -0.15) is 5.10 Å². The average molecular weight is 420 g/mol. The molecule has 1 atom stereocenters. The number of halogens is 1. The van der Waals surface area contributed by atoms with Gasteiger partial charge in [-0.25, -0.2) is 4.99 Å². The number of guanidine groups is 1. The molecular weight excluding hydrogens is 391 g/mol. The zero-order chi connectivity index (χ0) is 15.2. The number of hydrogen-bond donors (Lipinski definition) is 2. The van der Waals surface area contributed by atoms with Crippen molar-refractivity contribution in [2.45, 2.75) is 45.3 Å². The lowest BCUT2D eigenvalue weighted by molar-refractivity contribution is 0.247. The Labute approximate surface area is 150 Å². The van der Waals surface area contributed by atoms with Crippen molar-refractivity contribution in [1.29, 1.82) is 0 Å². The molecule has 126 valence electrons. The predicted molar refractivity (Wildman–Crippen MR) is 102 cm³/mol. The smallest absolute Gasteiger partial charge is 0.191 e. The van der Waals surface area contributed by atoms with Gasteiger partial charge < -0.3 is 10.6 Å². The number of aryl methyl sites for hydroxylation is 1. The maximum absolute atomic E-state index is 4.62. The largest absolute Gasteiger partial charge is 0.357 e. The van der Waals surface area contributed by atoms with Crippen molar-refractivity contribution in [3.8, 4) is 0 Å². The van der Waals surface area contributed by atoms with E-state index in [1.807, 2.05) is 17.8 Å². The normalized spacial score (nSPS) is 16.3. The summed E-state index contributed by atoms with van der Waals surface area (Å²) in [5.74, 6) is 0.870. The van der Waals surface area contributed by atoms with Crippen LogP contribution in [-0.4, -0.2) is 52.9 Å². The van der Waals surface area contributed by atoms with E-state index in [0.717, 1.165) is 30.8 Å². The van der Waals surface area contributed by atoms with Gasteiger partial charge in [0.05, 0.1) is 12.2 Å². The predicted octanol–water partition coefficient (Wildman–Crippen LogP) is 1.58. The van der Waals surface area contributed by atoms with E-state index in [-0.39, 0.29) is 24.0 Å². The highest BCUT2D eigenvalue weighted by Crippen LogP contribution is 2.26. The van der Waals surface area contributed by atoms with Crippen molar-refractivity contribution < 1.29 is 0 Å². The number of hydrogen-bond acceptors (Lipinski definition) is 3. The summed E-state index contributed by atoms with van der Waals surface area (Å²) < 4.78 is 1.86. The molecule has 6 nitrogen and oxygen atoms in total. The van der Waals surface area contributed by atoms with Gasteiger partial charge in [-0.05, 0) is 39.8 Å². The summed E-state index contributed by atoms with van der Waals surface area (Å²) in [6, 6.07) is 3.30. The molecular formula is C15H29IN6. The molecule has 0 amide bonds. The summed E-state index contributed by atoms with van der Waals surface area (Å²) in [4.78, 5) is 7.08.